The number of aromatic hydroxyl groups is 1. The molecular weight excluding hydrogens is 308 g/mol. The Labute approximate surface area is 117 Å². The van der Waals surface area contributed by atoms with Gasteiger partial charge in [0, 0.05) is 21.6 Å². The van der Waals surface area contributed by atoms with Gasteiger partial charge >= 0.3 is 0 Å². The summed E-state index contributed by atoms with van der Waals surface area (Å²) in [5, 5.41) is 21.5. The van der Waals surface area contributed by atoms with Crippen molar-refractivity contribution in [1.29, 1.82) is 0 Å². The maximum atomic E-state index is 9.96. The second-order valence-electron chi connectivity index (χ2n) is 4.26. The first kappa shape index (κ1) is 12.0. The summed E-state index contributed by atoms with van der Waals surface area (Å²) >= 11 is 3.37. The fourth-order valence-electron chi connectivity index (χ4n) is 1.88. The van der Waals surface area contributed by atoms with Gasteiger partial charge in [-0.15, -0.1) is 0 Å². The first-order chi connectivity index (χ1) is 9.11. The summed E-state index contributed by atoms with van der Waals surface area (Å²) in [7, 11) is 0. The monoisotopic (exact) mass is 318 g/mol. The van der Waals surface area contributed by atoms with Crippen LogP contribution in [0.25, 0.3) is 10.8 Å². The van der Waals surface area contributed by atoms with Crippen LogP contribution in [0.1, 0.15) is 5.69 Å². The summed E-state index contributed by atoms with van der Waals surface area (Å²) in [6.07, 6.45) is 0. The van der Waals surface area contributed by atoms with E-state index in [1.165, 1.54) is 0 Å². The molecule has 0 atom stereocenters. The molecule has 5 nitrogen and oxygen atoms in total. The first-order valence-electron chi connectivity index (χ1n) is 5.70. The van der Waals surface area contributed by atoms with Crippen molar-refractivity contribution in [2.24, 2.45) is 0 Å². The molecule has 0 saturated heterocycles. The molecule has 96 valence electrons. The Morgan fingerprint density at radius 2 is 2.05 bits per heavy atom. The van der Waals surface area contributed by atoms with E-state index in [-0.39, 0.29) is 5.88 Å². The number of rotatable bonds is 2. The molecule has 0 aliphatic heterocycles. The molecule has 2 aromatic heterocycles. The van der Waals surface area contributed by atoms with E-state index in [1.54, 1.807) is 0 Å². The Morgan fingerprint density at radius 3 is 2.79 bits per heavy atom. The van der Waals surface area contributed by atoms with E-state index >= 15 is 0 Å². The van der Waals surface area contributed by atoms with Crippen LogP contribution in [0, 0.1) is 6.92 Å². The van der Waals surface area contributed by atoms with Crippen molar-refractivity contribution in [3.05, 3.63) is 40.5 Å². The zero-order valence-electron chi connectivity index (χ0n) is 10.1. The average molecular weight is 319 g/mol. The van der Waals surface area contributed by atoms with Crippen molar-refractivity contribution in [2.75, 3.05) is 5.32 Å². The van der Waals surface area contributed by atoms with Gasteiger partial charge in [0.1, 0.15) is 5.82 Å². The number of hydrogen-bond acceptors (Lipinski definition) is 4. The number of nitrogens with one attached hydrogen (secondary N) is 2. The van der Waals surface area contributed by atoms with Gasteiger partial charge in [-0.3, -0.25) is 5.10 Å². The summed E-state index contributed by atoms with van der Waals surface area (Å²) in [6.45, 7) is 1.92. The predicted octanol–water partition coefficient (Wildman–Crippen LogP) is 3.48. The third kappa shape index (κ3) is 2.39. The van der Waals surface area contributed by atoms with Crippen molar-refractivity contribution < 1.29 is 5.11 Å². The van der Waals surface area contributed by atoms with Crippen LogP contribution in [-0.4, -0.2) is 20.3 Å². The average Bonchev–Trinajstić information content (AvgIpc) is 2.76. The number of halogens is 1. The van der Waals surface area contributed by atoms with Crippen molar-refractivity contribution in [3.63, 3.8) is 0 Å². The molecule has 0 bridgehead atoms. The Hall–Kier alpha value is -2.08. The maximum Gasteiger partial charge on any atom is 0.220 e. The zero-order valence-corrected chi connectivity index (χ0v) is 11.7. The molecule has 3 aromatic rings. The molecule has 3 rings (SSSR count). The third-order valence-corrected chi connectivity index (χ3v) is 3.23. The fraction of sp³-hybridized carbons (Fsp3) is 0.0769. The summed E-state index contributed by atoms with van der Waals surface area (Å²) in [4.78, 5) is 4.12. The lowest BCUT2D eigenvalue weighted by atomic mass is 10.1. The molecule has 2 heterocycles. The number of benzene rings is 1. The van der Waals surface area contributed by atoms with Gasteiger partial charge in [-0.2, -0.15) is 10.1 Å². The maximum absolute atomic E-state index is 9.96. The molecule has 1 aromatic carbocycles. The quantitative estimate of drug-likeness (QED) is 0.676. The standard InChI is InChI=1S/C13H11BrN4O/c1-7-4-12(18-17-7)15-11-5-8-2-3-9(14)6-10(8)13(19)16-11/h2-6H,1H3,(H3,15,16,17,18,19). The number of H-pyrrole nitrogens is 1. The van der Waals surface area contributed by atoms with E-state index in [0.717, 1.165) is 15.6 Å². The van der Waals surface area contributed by atoms with Crippen LogP contribution in [0.3, 0.4) is 0 Å². The smallest absolute Gasteiger partial charge is 0.220 e. The van der Waals surface area contributed by atoms with Gasteiger partial charge in [-0.1, -0.05) is 22.0 Å². The van der Waals surface area contributed by atoms with E-state index < -0.39 is 0 Å². The molecule has 0 radical (unpaired) electrons. The van der Waals surface area contributed by atoms with Gasteiger partial charge in [-0.05, 0) is 30.5 Å². The molecule has 0 fully saturated rings. The number of aryl methyl sites for hydroxylation is 1. The normalized spacial score (nSPS) is 10.8. The van der Waals surface area contributed by atoms with Crippen LogP contribution in [0.15, 0.2) is 34.8 Å². The highest BCUT2D eigenvalue weighted by atomic mass is 79.9. The highest BCUT2D eigenvalue weighted by Gasteiger charge is 2.07. The third-order valence-electron chi connectivity index (χ3n) is 2.74. The summed E-state index contributed by atoms with van der Waals surface area (Å²) in [5.74, 6) is 1.22. The summed E-state index contributed by atoms with van der Waals surface area (Å²) in [6, 6.07) is 9.40. The van der Waals surface area contributed by atoms with Crippen LogP contribution in [0.2, 0.25) is 0 Å². The van der Waals surface area contributed by atoms with E-state index in [4.69, 9.17) is 0 Å². The molecule has 3 N–H and O–H groups in total. The fourth-order valence-corrected chi connectivity index (χ4v) is 2.24. The minimum absolute atomic E-state index is 0.00597. The molecule has 0 spiro atoms. The van der Waals surface area contributed by atoms with Crippen LogP contribution in [0.5, 0.6) is 5.88 Å². The van der Waals surface area contributed by atoms with Gasteiger partial charge in [0.2, 0.25) is 5.88 Å². The van der Waals surface area contributed by atoms with E-state index in [0.29, 0.717) is 17.0 Å². The zero-order chi connectivity index (χ0) is 13.4. The Bertz CT molecular complexity index is 753. The van der Waals surface area contributed by atoms with E-state index in [2.05, 4.69) is 36.4 Å². The van der Waals surface area contributed by atoms with Gasteiger partial charge in [-0.25, -0.2) is 0 Å². The number of aromatic amines is 1. The molecule has 0 saturated carbocycles. The van der Waals surface area contributed by atoms with Crippen LogP contribution >= 0.6 is 15.9 Å². The van der Waals surface area contributed by atoms with Crippen LogP contribution < -0.4 is 5.32 Å². The number of aromatic nitrogens is 3. The van der Waals surface area contributed by atoms with Gasteiger partial charge in [0.15, 0.2) is 5.82 Å². The number of nitrogens with zero attached hydrogens (tertiary/aromatic N) is 2. The largest absolute Gasteiger partial charge is 0.493 e. The SMILES string of the molecule is Cc1cc(Nc2cc3ccc(Br)cc3c(O)n2)n[nH]1. The lowest BCUT2D eigenvalue weighted by molar-refractivity contribution is 0.461. The second-order valence-corrected chi connectivity index (χ2v) is 5.17. The summed E-state index contributed by atoms with van der Waals surface area (Å²) in [5.41, 5.74) is 0.955. The highest BCUT2D eigenvalue weighted by molar-refractivity contribution is 9.10. The molecule has 0 amide bonds. The number of hydrogen-bond donors (Lipinski definition) is 3. The van der Waals surface area contributed by atoms with Gasteiger partial charge in [0.05, 0.1) is 0 Å². The molecule has 19 heavy (non-hydrogen) atoms. The minimum atomic E-state index is -0.00597. The Morgan fingerprint density at radius 1 is 1.21 bits per heavy atom. The van der Waals surface area contributed by atoms with E-state index in [1.807, 2.05) is 37.3 Å². The van der Waals surface area contributed by atoms with Crippen molar-refractivity contribution in [1.82, 2.24) is 15.2 Å². The number of pyridine rings is 1. The molecular formula is C13H11BrN4O. The Kier molecular flexibility index (Phi) is 2.87. The molecule has 6 heteroatoms. The van der Waals surface area contributed by atoms with Crippen molar-refractivity contribution >= 4 is 38.3 Å². The second kappa shape index (κ2) is 4.55. The predicted molar refractivity (Wildman–Crippen MR) is 77.7 cm³/mol. The topological polar surface area (TPSA) is 73.8 Å². The minimum Gasteiger partial charge on any atom is -0.493 e. The molecule has 0 unspecified atom stereocenters. The molecule has 0 aliphatic rings. The van der Waals surface area contributed by atoms with Crippen LogP contribution in [0.4, 0.5) is 11.6 Å². The van der Waals surface area contributed by atoms with Crippen LogP contribution in [-0.2, 0) is 0 Å². The lowest BCUT2D eigenvalue weighted by Gasteiger charge is -2.06. The first-order valence-corrected chi connectivity index (χ1v) is 6.49. The van der Waals surface area contributed by atoms with Gasteiger partial charge in [0.25, 0.3) is 0 Å². The highest BCUT2D eigenvalue weighted by Crippen LogP contribution is 2.29. The number of anilines is 2. The summed E-state index contributed by atoms with van der Waals surface area (Å²) < 4.78 is 0.903. The van der Waals surface area contributed by atoms with Crippen molar-refractivity contribution in [3.8, 4) is 5.88 Å². The number of fused-ring (bicyclic) bond motifs is 1. The Balaban J connectivity index is 2.03. The van der Waals surface area contributed by atoms with Crippen molar-refractivity contribution in [2.45, 2.75) is 6.92 Å². The van der Waals surface area contributed by atoms with Gasteiger partial charge < -0.3 is 10.4 Å². The molecule has 0 aliphatic carbocycles. The van der Waals surface area contributed by atoms with E-state index in [9.17, 15) is 5.11 Å². The lowest BCUT2D eigenvalue weighted by Crippen LogP contribution is -1.94.